The zero-order valence-corrected chi connectivity index (χ0v) is 18.4. The molecular formula is C28H36N2. The molecule has 0 atom stereocenters. The Balaban J connectivity index is 1.62. The van der Waals surface area contributed by atoms with Crippen molar-refractivity contribution in [2.24, 2.45) is 0 Å². The van der Waals surface area contributed by atoms with Gasteiger partial charge in [0.05, 0.1) is 0 Å². The lowest BCUT2D eigenvalue weighted by atomic mass is 10.1. The SMILES string of the molecule is C=C/C=C(/CNc1ccc(C2CC2)cc1)C(=C)N(CCCC)CCc1ccccc1. The number of hydrogen-bond acceptors (Lipinski definition) is 2. The van der Waals surface area contributed by atoms with Gasteiger partial charge in [-0.2, -0.15) is 0 Å². The predicted octanol–water partition coefficient (Wildman–Crippen LogP) is 6.95. The molecule has 2 heteroatoms. The van der Waals surface area contributed by atoms with Crippen molar-refractivity contribution in [1.29, 1.82) is 0 Å². The molecule has 1 fully saturated rings. The third-order valence-electron chi connectivity index (χ3n) is 5.81. The lowest BCUT2D eigenvalue weighted by Crippen LogP contribution is -2.28. The van der Waals surface area contributed by atoms with Crippen LogP contribution in [-0.4, -0.2) is 24.5 Å². The van der Waals surface area contributed by atoms with Crippen LogP contribution in [-0.2, 0) is 6.42 Å². The van der Waals surface area contributed by atoms with E-state index < -0.39 is 0 Å². The molecule has 1 N–H and O–H groups in total. The standard InChI is InChI=1S/C28H36N2/c1-4-6-20-30(21-19-24-11-8-7-9-12-24)23(3)27(10-5-2)22-29-28-17-15-26(16-18-28)25-13-14-25/h5,7-12,15-18,25,29H,2-4,6,13-14,19-22H2,1H3/b27-10-. The molecular weight excluding hydrogens is 364 g/mol. The van der Waals surface area contributed by atoms with Crippen molar-refractivity contribution in [3.05, 3.63) is 102 Å². The Morgan fingerprint density at radius 1 is 1.07 bits per heavy atom. The van der Waals surface area contributed by atoms with Crippen LogP contribution < -0.4 is 5.32 Å². The maximum atomic E-state index is 4.47. The highest BCUT2D eigenvalue weighted by atomic mass is 15.1. The monoisotopic (exact) mass is 400 g/mol. The molecule has 0 radical (unpaired) electrons. The van der Waals surface area contributed by atoms with Gasteiger partial charge in [-0.1, -0.05) is 81.1 Å². The Kier molecular flexibility index (Phi) is 8.38. The molecule has 2 aromatic carbocycles. The van der Waals surface area contributed by atoms with Gasteiger partial charge in [-0.25, -0.2) is 0 Å². The van der Waals surface area contributed by atoms with Crippen LogP contribution in [0.1, 0.15) is 49.7 Å². The van der Waals surface area contributed by atoms with Crippen molar-refractivity contribution in [3.63, 3.8) is 0 Å². The van der Waals surface area contributed by atoms with Gasteiger partial charge in [0, 0.05) is 31.0 Å². The van der Waals surface area contributed by atoms with Crippen molar-refractivity contribution in [2.45, 2.75) is 44.9 Å². The molecule has 2 nitrogen and oxygen atoms in total. The van der Waals surface area contributed by atoms with Crippen LogP contribution in [0, 0.1) is 0 Å². The fourth-order valence-electron chi connectivity index (χ4n) is 3.73. The molecule has 158 valence electrons. The van der Waals surface area contributed by atoms with Crippen molar-refractivity contribution in [2.75, 3.05) is 25.0 Å². The molecule has 0 aromatic heterocycles. The van der Waals surface area contributed by atoms with Gasteiger partial charge in [0.1, 0.15) is 0 Å². The van der Waals surface area contributed by atoms with E-state index in [4.69, 9.17) is 0 Å². The minimum Gasteiger partial charge on any atom is -0.381 e. The van der Waals surface area contributed by atoms with E-state index in [0.29, 0.717) is 0 Å². The van der Waals surface area contributed by atoms with Crippen LogP contribution in [0.5, 0.6) is 0 Å². The van der Waals surface area contributed by atoms with Gasteiger partial charge in [0.2, 0.25) is 0 Å². The normalized spacial score (nSPS) is 13.7. The molecule has 0 spiro atoms. The minimum atomic E-state index is 0.752. The van der Waals surface area contributed by atoms with Gasteiger partial charge in [-0.15, -0.1) is 0 Å². The van der Waals surface area contributed by atoms with E-state index in [2.05, 4.69) is 91.0 Å². The summed E-state index contributed by atoms with van der Waals surface area (Å²) in [5.41, 5.74) is 6.29. The second-order valence-corrected chi connectivity index (χ2v) is 8.20. The molecule has 0 aliphatic heterocycles. The molecule has 2 aromatic rings. The summed E-state index contributed by atoms with van der Waals surface area (Å²) in [4.78, 5) is 2.43. The predicted molar refractivity (Wildman–Crippen MR) is 131 cm³/mol. The Morgan fingerprint density at radius 3 is 2.43 bits per heavy atom. The number of unbranched alkanes of at least 4 members (excludes halogenated alkanes) is 1. The maximum absolute atomic E-state index is 4.47. The van der Waals surface area contributed by atoms with E-state index in [9.17, 15) is 0 Å². The first kappa shape index (κ1) is 22.0. The molecule has 0 bridgehead atoms. The summed E-state index contributed by atoms with van der Waals surface area (Å²) in [5, 5.41) is 3.58. The fraction of sp³-hybridized carbons (Fsp3) is 0.357. The van der Waals surface area contributed by atoms with Crippen molar-refractivity contribution in [3.8, 4) is 0 Å². The lowest BCUT2D eigenvalue weighted by molar-refractivity contribution is 0.347. The number of nitrogens with one attached hydrogen (secondary N) is 1. The van der Waals surface area contributed by atoms with Crippen LogP contribution in [0.4, 0.5) is 5.69 Å². The van der Waals surface area contributed by atoms with Crippen LogP contribution in [0.3, 0.4) is 0 Å². The molecule has 0 amide bonds. The summed E-state index contributed by atoms with van der Waals surface area (Å²) in [6.45, 7) is 13.4. The van der Waals surface area contributed by atoms with E-state index in [1.165, 1.54) is 42.4 Å². The largest absolute Gasteiger partial charge is 0.381 e. The van der Waals surface area contributed by atoms with Gasteiger partial charge in [0.15, 0.2) is 0 Å². The second-order valence-electron chi connectivity index (χ2n) is 8.20. The van der Waals surface area contributed by atoms with E-state index in [0.717, 1.165) is 43.4 Å². The van der Waals surface area contributed by atoms with Crippen LogP contribution in [0.15, 0.2) is 91.2 Å². The van der Waals surface area contributed by atoms with E-state index >= 15 is 0 Å². The highest BCUT2D eigenvalue weighted by Gasteiger charge is 2.22. The number of benzene rings is 2. The minimum absolute atomic E-state index is 0.752. The van der Waals surface area contributed by atoms with Crippen molar-refractivity contribution >= 4 is 5.69 Å². The molecule has 3 rings (SSSR count). The molecule has 1 saturated carbocycles. The molecule has 1 aliphatic rings. The average Bonchev–Trinajstić information content (AvgIpc) is 3.63. The van der Waals surface area contributed by atoms with Gasteiger partial charge < -0.3 is 10.2 Å². The van der Waals surface area contributed by atoms with Crippen LogP contribution >= 0.6 is 0 Å². The first-order chi connectivity index (χ1) is 14.7. The number of rotatable bonds is 13. The van der Waals surface area contributed by atoms with Crippen LogP contribution in [0.2, 0.25) is 0 Å². The highest BCUT2D eigenvalue weighted by molar-refractivity contribution is 5.48. The molecule has 0 unspecified atom stereocenters. The van der Waals surface area contributed by atoms with E-state index in [-0.39, 0.29) is 0 Å². The number of allylic oxidation sites excluding steroid dienone is 2. The summed E-state index contributed by atoms with van der Waals surface area (Å²) in [7, 11) is 0. The number of nitrogens with zero attached hydrogens (tertiary/aromatic N) is 1. The molecule has 0 heterocycles. The van der Waals surface area contributed by atoms with E-state index in [1.54, 1.807) is 0 Å². The van der Waals surface area contributed by atoms with Crippen molar-refractivity contribution in [1.82, 2.24) is 4.90 Å². The van der Waals surface area contributed by atoms with Gasteiger partial charge >= 0.3 is 0 Å². The Labute approximate surface area is 183 Å². The Morgan fingerprint density at radius 2 is 1.80 bits per heavy atom. The third kappa shape index (κ3) is 6.66. The number of anilines is 1. The van der Waals surface area contributed by atoms with Crippen LogP contribution in [0.25, 0.3) is 0 Å². The topological polar surface area (TPSA) is 15.3 Å². The quantitative estimate of drug-likeness (QED) is 0.366. The van der Waals surface area contributed by atoms with Crippen molar-refractivity contribution < 1.29 is 0 Å². The third-order valence-corrected chi connectivity index (χ3v) is 5.81. The summed E-state index contributed by atoms with van der Waals surface area (Å²) in [5.74, 6) is 0.798. The smallest absolute Gasteiger partial charge is 0.0421 e. The Bertz CT molecular complexity index is 829. The highest BCUT2D eigenvalue weighted by Crippen LogP contribution is 2.40. The zero-order chi connectivity index (χ0) is 21.2. The maximum Gasteiger partial charge on any atom is 0.0421 e. The first-order valence-corrected chi connectivity index (χ1v) is 11.3. The van der Waals surface area contributed by atoms with Gasteiger partial charge in [0.25, 0.3) is 0 Å². The lowest BCUT2D eigenvalue weighted by Gasteiger charge is -2.29. The molecule has 1 aliphatic carbocycles. The van der Waals surface area contributed by atoms with Gasteiger partial charge in [-0.3, -0.25) is 0 Å². The average molecular weight is 401 g/mol. The zero-order valence-electron chi connectivity index (χ0n) is 18.4. The van der Waals surface area contributed by atoms with Gasteiger partial charge in [-0.05, 0) is 60.4 Å². The second kappa shape index (κ2) is 11.4. The first-order valence-electron chi connectivity index (χ1n) is 11.3. The summed E-state index contributed by atoms with van der Waals surface area (Å²) in [6, 6.07) is 19.6. The summed E-state index contributed by atoms with van der Waals surface area (Å²) >= 11 is 0. The molecule has 0 saturated heterocycles. The fourth-order valence-corrected chi connectivity index (χ4v) is 3.73. The molecule has 30 heavy (non-hydrogen) atoms. The summed E-state index contributed by atoms with van der Waals surface area (Å²) in [6.07, 6.45) is 10.0. The Hall–Kier alpha value is -2.74. The summed E-state index contributed by atoms with van der Waals surface area (Å²) < 4.78 is 0. The van der Waals surface area contributed by atoms with E-state index in [1.807, 2.05) is 6.08 Å². The number of hydrogen-bond donors (Lipinski definition) is 1.